The molecule has 206 valence electrons. The number of amides is 2. The predicted molar refractivity (Wildman–Crippen MR) is 132 cm³/mol. The molecule has 2 unspecified atom stereocenters. The Hall–Kier alpha value is -4.69. The van der Waals surface area contributed by atoms with Crippen molar-refractivity contribution in [2.75, 3.05) is 18.4 Å². The Labute approximate surface area is 217 Å². The highest BCUT2D eigenvalue weighted by molar-refractivity contribution is 6.07. The molecule has 0 fully saturated rings. The number of anilines is 1. The van der Waals surface area contributed by atoms with Gasteiger partial charge in [-0.25, -0.2) is 9.38 Å². The summed E-state index contributed by atoms with van der Waals surface area (Å²) in [6, 6.07) is 4.85. The monoisotopic (exact) mass is 549 g/mol. The number of halogens is 4. The maximum absolute atomic E-state index is 13.4. The number of carboxylic acid groups (broad SMARTS) is 1. The van der Waals surface area contributed by atoms with E-state index in [9.17, 15) is 37.1 Å². The zero-order valence-corrected chi connectivity index (χ0v) is 20.1. The van der Waals surface area contributed by atoms with E-state index in [1.807, 2.05) is 0 Å². The van der Waals surface area contributed by atoms with Crippen LogP contribution in [0.1, 0.15) is 33.8 Å². The van der Waals surface area contributed by atoms with Crippen molar-refractivity contribution >= 4 is 40.3 Å². The van der Waals surface area contributed by atoms with Gasteiger partial charge < -0.3 is 26.8 Å². The van der Waals surface area contributed by atoms with E-state index >= 15 is 0 Å². The number of hydrogen-bond donors (Lipinski definition) is 6. The molecule has 11 nitrogen and oxygen atoms in total. The van der Waals surface area contributed by atoms with E-state index < -0.39 is 54.1 Å². The van der Waals surface area contributed by atoms with Crippen molar-refractivity contribution in [3.8, 4) is 0 Å². The molecule has 3 aromatic rings. The third-order valence-corrected chi connectivity index (χ3v) is 6.07. The van der Waals surface area contributed by atoms with Crippen LogP contribution in [0.5, 0.6) is 0 Å². The highest BCUT2D eigenvalue weighted by Gasteiger charge is 2.34. The molecule has 2 aromatic carbocycles. The Balaban J connectivity index is 1.63. The van der Waals surface area contributed by atoms with E-state index in [1.165, 1.54) is 18.3 Å². The van der Waals surface area contributed by atoms with Crippen LogP contribution in [0.3, 0.4) is 0 Å². The first kappa shape index (κ1) is 27.3. The normalized spacial score (nSPS) is 17.0. The van der Waals surface area contributed by atoms with Gasteiger partial charge in [-0.1, -0.05) is 12.1 Å². The Kier molecular flexibility index (Phi) is 7.69. The number of hydrogen-bond acceptors (Lipinski definition) is 7. The van der Waals surface area contributed by atoms with E-state index in [-0.39, 0.29) is 30.2 Å². The van der Waals surface area contributed by atoms with Gasteiger partial charge in [-0.05, 0) is 29.8 Å². The molecule has 1 aliphatic heterocycles. The minimum Gasteiger partial charge on any atom is -0.481 e. The first-order valence-electron chi connectivity index (χ1n) is 11.6. The first-order valence-corrected chi connectivity index (χ1v) is 11.6. The summed E-state index contributed by atoms with van der Waals surface area (Å²) in [5, 5.41) is 24.8. The van der Waals surface area contributed by atoms with Gasteiger partial charge in [0, 0.05) is 16.9 Å². The number of fused-ring (bicyclic) bond motifs is 1. The first-order chi connectivity index (χ1) is 18.4. The molecule has 0 saturated heterocycles. The summed E-state index contributed by atoms with van der Waals surface area (Å²) >= 11 is 0. The zero-order chi connectivity index (χ0) is 28.3. The Morgan fingerprint density at radius 3 is 2.49 bits per heavy atom. The average Bonchev–Trinajstić information content (AvgIpc) is 3.36. The molecule has 0 bridgehead atoms. The summed E-state index contributed by atoms with van der Waals surface area (Å²) in [6.07, 6.45) is -4.98. The minimum atomic E-state index is -4.62. The lowest BCUT2D eigenvalue weighted by Crippen LogP contribution is -2.48. The highest BCUT2D eigenvalue weighted by atomic mass is 19.4. The number of guanidine groups is 1. The van der Waals surface area contributed by atoms with Crippen LogP contribution in [0.25, 0.3) is 10.9 Å². The number of carbonyl (C=O) groups excluding carboxylic acids is 2. The van der Waals surface area contributed by atoms with Crippen LogP contribution < -0.4 is 21.7 Å². The van der Waals surface area contributed by atoms with Crippen LogP contribution in [0.15, 0.2) is 47.6 Å². The fourth-order valence-corrected chi connectivity index (χ4v) is 4.15. The molecule has 0 saturated carbocycles. The van der Waals surface area contributed by atoms with Crippen molar-refractivity contribution in [3.63, 3.8) is 0 Å². The Morgan fingerprint density at radius 2 is 1.90 bits per heavy atom. The van der Waals surface area contributed by atoms with Gasteiger partial charge in [0.2, 0.25) is 5.91 Å². The summed E-state index contributed by atoms with van der Waals surface area (Å²) in [6.45, 7) is -0.0189. The number of aliphatic carboxylic acids is 1. The van der Waals surface area contributed by atoms with Gasteiger partial charge in [0.1, 0.15) is 12.2 Å². The molecule has 0 radical (unpaired) electrons. The van der Waals surface area contributed by atoms with E-state index in [1.54, 1.807) is 0 Å². The lowest BCUT2D eigenvalue weighted by Gasteiger charge is -2.25. The fourth-order valence-electron chi connectivity index (χ4n) is 4.15. The number of nitrogens with zero attached hydrogens (tertiary/aromatic N) is 2. The van der Waals surface area contributed by atoms with Gasteiger partial charge in [-0.2, -0.15) is 18.3 Å². The van der Waals surface area contributed by atoms with Crippen LogP contribution >= 0.6 is 0 Å². The number of aromatic nitrogens is 2. The zero-order valence-electron chi connectivity index (χ0n) is 20.1. The van der Waals surface area contributed by atoms with Crippen molar-refractivity contribution in [3.05, 3.63) is 59.3 Å². The Bertz CT molecular complexity index is 1420. The summed E-state index contributed by atoms with van der Waals surface area (Å²) in [5.74, 6) is -4.26. The summed E-state index contributed by atoms with van der Waals surface area (Å²) in [7, 11) is 0. The molecular weight excluding hydrogens is 526 g/mol. The molecular formula is C24H23F4N7O4. The van der Waals surface area contributed by atoms with Crippen LogP contribution in [0.4, 0.5) is 23.2 Å². The number of primary amides is 1. The molecule has 7 N–H and O–H groups in total. The number of rotatable bonds is 8. The van der Waals surface area contributed by atoms with Crippen LogP contribution in [-0.4, -0.2) is 64.4 Å². The number of alkyl halides is 4. The fraction of sp³-hybridized carbons (Fsp3) is 0.292. The van der Waals surface area contributed by atoms with Gasteiger partial charge in [0.05, 0.1) is 42.5 Å². The van der Waals surface area contributed by atoms with Crippen molar-refractivity contribution < 1.29 is 37.1 Å². The highest BCUT2D eigenvalue weighted by Crippen LogP contribution is 2.32. The summed E-state index contributed by atoms with van der Waals surface area (Å²) < 4.78 is 52.4. The van der Waals surface area contributed by atoms with Gasteiger partial charge in [0.25, 0.3) is 5.91 Å². The second-order valence-corrected chi connectivity index (χ2v) is 8.83. The second kappa shape index (κ2) is 11.0. The predicted octanol–water partition coefficient (Wildman–Crippen LogP) is 2.13. The third kappa shape index (κ3) is 6.42. The topological polar surface area (TPSA) is 175 Å². The van der Waals surface area contributed by atoms with E-state index in [0.29, 0.717) is 16.6 Å². The van der Waals surface area contributed by atoms with E-state index in [0.717, 1.165) is 24.3 Å². The number of aliphatic imine (C=N–C) groups is 1. The third-order valence-electron chi connectivity index (χ3n) is 6.07. The number of carboxylic acids is 1. The molecule has 0 aliphatic carbocycles. The Morgan fingerprint density at radius 1 is 1.18 bits per heavy atom. The summed E-state index contributed by atoms with van der Waals surface area (Å²) in [4.78, 5) is 41.2. The largest absolute Gasteiger partial charge is 0.481 e. The van der Waals surface area contributed by atoms with Gasteiger partial charge in [-0.3, -0.25) is 19.5 Å². The van der Waals surface area contributed by atoms with Gasteiger partial charge >= 0.3 is 12.1 Å². The van der Waals surface area contributed by atoms with Crippen molar-refractivity contribution in [1.82, 2.24) is 20.8 Å². The average molecular weight is 549 g/mol. The van der Waals surface area contributed by atoms with Crippen LogP contribution in [-0.2, 0) is 15.8 Å². The minimum absolute atomic E-state index is 0.0155. The van der Waals surface area contributed by atoms with Gasteiger partial charge in [-0.15, -0.1) is 0 Å². The molecule has 1 aliphatic rings. The number of nitrogens with two attached hydrogens (primary N) is 1. The quantitative estimate of drug-likeness (QED) is 0.233. The maximum atomic E-state index is 13.4. The van der Waals surface area contributed by atoms with Crippen molar-refractivity contribution in [1.29, 1.82) is 0 Å². The van der Waals surface area contributed by atoms with Crippen LogP contribution in [0, 0.1) is 0 Å². The lowest BCUT2D eigenvalue weighted by molar-refractivity contribution is -0.139. The molecule has 4 rings (SSSR count). The molecule has 2 amide bonds. The maximum Gasteiger partial charge on any atom is 0.416 e. The molecule has 2 heterocycles. The number of aromatic amines is 1. The van der Waals surface area contributed by atoms with Crippen LogP contribution in [0.2, 0.25) is 0 Å². The smallest absolute Gasteiger partial charge is 0.416 e. The number of H-pyrrole nitrogens is 1. The van der Waals surface area contributed by atoms with E-state index in [2.05, 4.69) is 31.1 Å². The lowest BCUT2D eigenvalue weighted by atomic mass is 9.87. The number of nitrogens with one attached hydrogen (secondary N) is 4. The molecule has 0 spiro atoms. The van der Waals surface area contributed by atoms with Crippen molar-refractivity contribution in [2.45, 2.75) is 30.7 Å². The second-order valence-electron chi connectivity index (χ2n) is 8.83. The number of benzene rings is 2. The molecule has 1 aromatic heterocycles. The standard InChI is InChI=1S/C24H23F4N7O4/c25-14-8-30-23(31-9-14)33-17-5-12(6-18-16(17)10-32-35-18)22(39)34-20(21(29)38)15(7-19(36)37)11-1-3-13(4-2-11)24(26,27)28/h1-6,10,14-15,20H,7-9H2,(H2,29,38)(H,32,35)(H,34,39)(H,36,37)(H2,30,31,33)/t15-,20?/m0/s1. The molecule has 15 heteroatoms. The number of carbonyl (C=O) groups is 3. The van der Waals surface area contributed by atoms with E-state index in [4.69, 9.17) is 5.73 Å². The SMILES string of the molecule is NC(=O)C(NC(=O)c1cc(NC2=NCC(F)CN2)c2cn[nH]c2c1)[C@@H](CC(=O)O)c1ccc(C(F)(F)F)cc1. The van der Waals surface area contributed by atoms with Gasteiger partial charge in [0.15, 0.2) is 5.96 Å². The molecule has 39 heavy (non-hydrogen) atoms. The molecule has 3 atom stereocenters. The summed E-state index contributed by atoms with van der Waals surface area (Å²) in [5.41, 5.74) is 5.41. The van der Waals surface area contributed by atoms with Crippen molar-refractivity contribution in [2.24, 2.45) is 10.7 Å².